The Hall–Kier alpha value is -6.63. The molecule has 1 saturated carbocycles. The van der Waals surface area contributed by atoms with E-state index < -0.39 is 38.3 Å². The van der Waals surface area contributed by atoms with Crippen LogP contribution in [0.25, 0.3) is 44.7 Å². The lowest BCUT2D eigenvalue weighted by molar-refractivity contribution is -0.135. The summed E-state index contributed by atoms with van der Waals surface area (Å²) in [6.45, 7) is 8.95. The van der Waals surface area contributed by atoms with Crippen molar-refractivity contribution in [2.45, 2.75) is 95.0 Å². The van der Waals surface area contributed by atoms with E-state index in [0.717, 1.165) is 69.3 Å². The van der Waals surface area contributed by atoms with Gasteiger partial charge in [0, 0.05) is 41.3 Å². The zero-order valence-electron chi connectivity index (χ0n) is 40.1. The molecule has 18 heteroatoms. The minimum atomic E-state index is -1.81. The molecule has 1 aliphatic carbocycles. The molecule has 2 saturated heterocycles. The number of H-pyrrole nitrogens is 2. The maximum absolute atomic E-state index is 17.0. The second kappa shape index (κ2) is 18.0. The van der Waals surface area contributed by atoms with E-state index in [4.69, 9.17) is 24.4 Å². The number of aromatic amines is 2. The van der Waals surface area contributed by atoms with E-state index in [2.05, 4.69) is 44.3 Å². The van der Waals surface area contributed by atoms with Crippen LogP contribution in [0, 0.1) is 11.7 Å². The van der Waals surface area contributed by atoms with Crippen molar-refractivity contribution < 1.29 is 28.2 Å². The van der Waals surface area contributed by atoms with Crippen LogP contribution in [0.1, 0.15) is 96.9 Å². The number of aromatic nitrogens is 6. The highest BCUT2D eigenvalue weighted by molar-refractivity contribution is 7.11. The first-order chi connectivity index (χ1) is 33.8. The number of ether oxygens (including phenoxy) is 2. The zero-order chi connectivity index (χ0) is 48.6. The van der Waals surface area contributed by atoms with Crippen LogP contribution in [-0.4, -0.2) is 98.2 Å². The Morgan fingerprint density at radius 2 is 1.63 bits per heavy atom. The predicted molar refractivity (Wildman–Crippen MR) is 268 cm³/mol. The summed E-state index contributed by atoms with van der Waals surface area (Å²) in [6, 6.07) is 20.5. The first-order valence-electron chi connectivity index (χ1n) is 24.2. The second-order valence-corrected chi connectivity index (χ2v) is 26.4. The Morgan fingerprint density at radius 3 is 2.34 bits per heavy atom. The highest BCUT2D eigenvalue weighted by Gasteiger charge is 2.45. The number of benzene rings is 3. The molecule has 3 fully saturated rings. The van der Waals surface area contributed by atoms with E-state index in [0.29, 0.717) is 58.5 Å². The fourth-order valence-electron chi connectivity index (χ4n) is 10.7. The molecule has 7 aromatic rings. The number of carbonyl (C=O) groups excluding carboxylic acids is 3. The first-order valence-corrected chi connectivity index (χ1v) is 28.4. The first kappa shape index (κ1) is 45.8. The minimum Gasteiger partial charge on any atom is -0.464 e. The molecule has 362 valence electrons. The molecule has 0 bridgehead atoms. The Bertz CT molecular complexity index is 3140. The molecule has 4 aromatic heterocycles. The third kappa shape index (κ3) is 8.28. The van der Waals surface area contributed by atoms with Crippen LogP contribution in [0.3, 0.4) is 0 Å². The molecule has 0 radical (unpaired) electrons. The van der Waals surface area contributed by atoms with Gasteiger partial charge < -0.3 is 39.9 Å². The summed E-state index contributed by atoms with van der Waals surface area (Å²) in [5, 5.41) is 7.93. The van der Waals surface area contributed by atoms with E-state index in [1.807, 2.05) is 86.6 Å². The highest BCUT2D eigenvalue weighted by Crippen LogP contribution is 2.50. The van der Waals surface area contributed by atoms with Crippen molar-refractivity contribution in [2.75, 3.05) is 26.9 Å². The van der Waals surface area contributed by atoms with Gasteiger partial charge >= 0.3 is 6.09 Å². The number of carbonyl (C=O) groups is 3. The molecule has 7 heterocycles. The fourth-order valence-corrected chi connectivity index (χ4v) is 14.7. The van der Waals surface area contributed by atoms with Gasteiger partial charge in [0.15, 0.2) is 0 Å². The van der Waals surface area contributed by atoms with Gasteiger partial charge in [-0.2, -0.15) is 0 Å². The van der Waals surface area contributed by atoms with E-state index >= 15 is 4.39 Å². The van der Waals surface area contributed by atoms with E-state index in [-0.39, 0.29) is 29.8 Å². The number of imidazole rings is 2. The van der Waals surface area contributed by atoms with Crippen molar-refractivity contribution in [3.05, 3.63) is 118 Å². The third-order valence-corrected chi connectivity index (χ3v) is 18.3. The number of thiazole rings is 1. The van der Waals surface area contributed by atoms with Crippen LogP contribution in [-0.2, 0) is 14.3 Å². The molecule has 4 aliphatic rings. The number of likely N-dealkylation sites (tertiary alicyclic amines) is 1. The lowest BCUT2D eigenvalue weighted by Crippen LogP contribution is -2.51. The third-order valence-electron chi connectivity index (χ3n) is 14.4. The van der Waals surface area contributed by atoms with Crippen molar-refractivity contribution in [1.29, 1.82) is 0 Å². The van der Waals surface area contributed by atoms with Gasteiger partial charge in [0.25, 0.3) is 0 Å². The summed E-state index contributed by atoms with van der Waals surface area (Å²) >= 11 is 1.64. The summed E-state index contributed by atoms with van der Waals surface area (Å²) in [7, 11) is 1.29. The molecule has 3 amide bonds. The summed E-state index contributed by atoms with van der Waals surface area (Å²) in [5.74, 6) is 1.48. The summed E-state index contributed by atoms with van der Waals surface area (Å²) in [5.41, 5.74) is 5.71. The van der Waals surface area contributed by atoms with Crippen LogP contribution in [0.2, 0.25) is 19.1 Å². The van der Waals surface area contributed by atoms with Gasteiger partial charge in [-0.15, -0.1) is 11.3 Å². The molecule has 15 nitrogen and oxygen atoms in total. The van der Waals surface area contributed by atoms with Gasteiger partial charge in [-0.25, -0.2) is 24.1 Å². The van der Waals surface area contributed by atoms with Gasteiger partial charge in [-0.3, -0.25) is 14.2 Å². The van der Waals surface area contributed by atoms with Crippen LogP contribution in [0.4, 0.5) is 9.18 Å². The highest BCUT2D eigenvalue weighted by atomic mass is 32.1. The van der Waals surface area contributed by atoms with Crippen LogP contribution >= 0.6 is 11.3 Å². The van der Waals surface area contributed by atoms with E-state index in [1.54, 1.807) is 28.6 Å². The summed E-state index contributed by atoms with van der Waals surface area (Å²) in [6.07, 6.45) is 8.64. The maximum Gasteiger partial charge on any atom is 0.407 e. The van der Waals surface area contributed by atoms with Crippen LogP contribution < -0.4 is 15.4 Å². The van der Waals surface area contributed by atoms with Crippen molar-refractivity contribution in [1.82, 2.24) is 49.9 Å². The predicted octanol–water partition coefficient (Wildman–Crippen LogP) is 9.64. The number of rotatable bonds is 12. The van der Waals surface area contributed by atoms with Crippen LogP contribution in [0.15, 0.2) is 85.3 Å². The topological polar surface area (TPSA) is 175 Å². The lowest BCUT2D eigenvalue weighted by Gasteiger charge is -2.30. The number of hydrogen-bond acceptors (Lipinski definition) is 10. The fraction of sp³-hybridized carbons (Fsp3) is 0.385. The van der Waals surface area contributed by atoms with Gasteiger partial charge in [-0.1, -0.05) is 63.3 Å². The van der Waals surface area contributed by atoms with Crippen molar-refractivity contribution in [3.63, 3.8) is 0 Å². The number of hydrogen-bond donors (Lipinski definition) is 4. The zero-order valence-corrected chi connectivity index (χ0v) is 41.9. The number of methoxy groups -OCH3 is 1. The number of nitrogens with one attached hydrogen (secondary N) is 4. The molecule has 11 rings (SSSR count). The molecular weight excluding hydrogens is 924 g/mol. The van der Waals surface area contributed by atoms with Crippen molar-refractivity contribution in [3.8, 4) is 39.5 Å². The smallest absolute Gasteiger partial charge is 0.407 e. The molecule has 3 aromatic carbocycles. The molecule has 0 spiro atoms. The molecule has 5 atom stereocenters. The summed E-state index contributed by atoms with van der Waals surface area (Å²) in [4.78, 5) is 66.4. The average molecular weight is 981 g/mol. The average Bonchev–Trinajstić information content (AvgIpc) is 4.03. The second-order valence-electron chi connectivity index (χ2n) is 20.2. The van der Waals surface area contributed by atoms with Gasteiger partial charge in [0.2, 0.25) is 18.0 Å². The standard InChI is InChI=1S/C52H57FN10O5SSi/c1-28(2)44(60-52(66)67-4)49(64)61-18-10-13-38(61)46-55-23-35(58-46)31-16-17-37-33(19-31)21-39-43-34(53)20-32(22-41(43)68-51(63(37)39)42-25-57-48(69-42)30-14-15-30)36-24-56-47(59-36)40-26-70(5,6)27-62(40)50(65)45(54-3)29-11-8-7-9-12-29/h7-9,11-12,16-17,19-25,28,30,38,40,44-45,51,54H,10,13-15,18,26-27H2,1-6H3,(H,55,58)(H,56,59)(H,60,66)/t38-,40-,44?,45+,51-/m0/s1. The van der Waals surface area contributed by atoms with E-state index in [9.17, 15) is 14.4 Å². The Balaban J connectivity index is 0.916. The van der Waals surface area contributed by atoms with Gasteiger partial charge in [-0.05, 0) is 80.6 Å². The summed E-state index contributed by atoms with van der Waals surface area (Å²) < 4.78 is 30.8. The number of halogens is 1. The van der Waals surface area contributed by atoms with Crippen LogP contribution in [0.5, 0.6) is 5.75 Å². The lowest BCUT2D eigenvalue weighted by atomic mass is 10.0. The Morgan fingerprint density at radius 1 is 0.886 bits per heavy atom. The van der Waals surface area contributed by atoms with Crippen molar-refractivity contribution >= 4 is 48.2 Å². The molecular formula is C52H57FN10O5SSi. The monoisotopic (exact) mass is 980 g/mol. The number of nitrogens with zero attached hydrogens (tertiary/aromatic N) is 6. The van der Waals surface area contributed by atoms with E-state index in [1.165, 1.54) is 13.2 Å². The maximum atomic E-state index is 17.0. The molecule has 3 aliphatic heterocycles. The van der Waals surface area contributed by atoms with Gasteiger partial charge in [0.1, 0.15) is 35.3 Å². The largest absolute Gasteiger partial charge is 0.464 e. The quantitative estimate of drug-likeness (QED) is 0.0869. The molecule has 4 N–H and O–H groups in total. The number of likely N-dealkylation sites (N-methyl/N-ethyl adjacent to an activating group) is 1. The minimum absolute atomic E-state index is 0.00936. The Kier molecular flexibility index (Phi) is 11.7. The number of fused-ring (bicyclic) bond motifs is 5. The normalized spacial score (nSPS) is 20.3. The number of amides is 3. The van der Waals surface area contributed by atoms with Gasteiger partial charge in [0.05, 0.1) is 77.7 Å². The molecule has 70 heavy (non-hydrogen) atoms. The SMILES string of the molecule is CN[C@@H](C(=O)N1C[Si](C)(C)C[C@H]1c1ncc(-c2cc(F)c3c(c2)O[C@@H](c2cnc(C4CC4)s2)n2c-3cc3cc(-c4cnc([C@@H]5CCCN5C(=O)C(NC(=O)OC)C(C)C)[nH]4)ccc32)[nH]1)c1ccccc1. The Labute approximate surface area is 410 Å². The molecule has 1 unspecified atom stereocenters. The number of alkyl carbamates (subject to hydrolysis) is 1. The van der Waals surface area contributed by atoms with Crippen molar-refractivity contribution in [2.24, 2.45) is 5.92 Å².